The van der Waals surface area contributed by atoms with E-state index >= 15 is 0 Å². The van der Waals surface area contributed by atoms with Gasteiger partial charge >= 0.3 is 0 Å². The summed E-state index contributed by atoms with van der Waals surface area (Å²) in [7, 11) is 0. The Bertz CT molecular complexity index is 498. The van der Waals surface area contributed by atoms with Crippen molar-refractivity contribution in [3.8, 4) is 0 Å². The minimum Gasteiger partial charge on any atom is -0.384 e. The number of carbonyl (C=O) groups excluding carboxylic acids is 1. The third kappa shape index (κ3) is 2.38. The summed E-state index contributed by atoms with van der Waals surface area (Å²) in [6.45, 7) is 0. The molecule has 0 atom stereocenters. The predicted octanol–water partition coefficient (Wildman–Crippen LogP) is 0.879. The molecule has 0 unspecified atom stereocenters. The smallest absolute Gasteiger partial charge is 0.185 e. The zero-order chi connectivity index (χ0) is 11.4. The van der Waals surface area contributed by atoms with Crippen LogP contribution >= 0.6 is 0 Å². The quantitative estimate of drug-likeness (QED) is 0.767. The molecule has 0 aromatic carbocycles. The third-order valence-electron chi connectivity index (χ3n) is 2.08. The summed E-state index contributed by atoms with van der Waals surface area (Å²) in [5, 5.41) is 0. The number of ketones is 1. The van der Waals surface area contributed by atoms with Crippen LogP contribution in [0.4, 0.5) is 5.82 Å². The Balaban J connectivity index is 2.14. The van der Waals surface area contributed by atoms with Gasteiger partial charge in [-0.3, -0.25) is 4.79 Å². The summed E-state index contributed by atoms with van der Waals surface area (Å²) >= 11 is 0. The van der Waals surface area contributed by atoms with Crippen molar-refractivity contribution in [3.63, 3.8) is 0 Å². The van der Waals surface area contributed by atoms with Gasteiger partial charge in [-0.1, -0.05) is 0 Å². The molecule has 0 fully saturated rings. The molecule has 2 heterocycles. The third-order valence-corrected chi connectivity index (χ3v) is 2.08. The molecule has 0 spiro atoms. The second-order valence-corrected chi connectivity index (χ2v) is 3.28. The van der Waals surface area contributed by atoms with Crippen molar-refractivity contribution in [1.29, 1.82) is 0 Å². The van der Waals surface area contributed by atoms with E-state index in [1.165, 1.54) is 6.33 Å². The van der Waals surface area contributed by atoms with E-state index in [9.17, 15) is 4.79 Å². The van der Waals surface area contributed by atoms with Gasteiger partial charge in [0.1, 0.15) is 17.8 Å². The molecule has 0 aliphatic carbocycles. The first-order chi connectivity index (χ1) is 7.75. The van der Waals surface area contributed by atoms with E-state index in [0.29, 0.717) is 11.5 Å². The van der Waals surface area contributed by atoms with Gasteiger partial charge in [0.05, 0.1) is 0 Å². The van der Waals surface area contributed by atoms with Crippen molar-refractivity contribution >= 4 is 11.6 Å². The molecule has 80 valence electrons. The fourth-order valence-corrected chi connectivity index (χ4v) is 1.34. The molecule has 0 aliphatic rings. The number of nitrogens with zero attached hydrogens (tertiary/aromatic N) is 3. The highest BCUT2D eigenvalue weighted by molar-refractivity contribution is 5.95. The number of pyridine rings is 1. The first-order valence-electron chi connectivity index (χ1n) is 4.75. The van der Waals surface area contributed by atoms with Gasteiger partial charge in [-0.15, -0.1) is 0 Å². The van der Waals surface area contributed by atoms with Crippen LogP contribution in [0.25, 0.3) is 0 Å². The van der Waals surface area contributed by atoms with E-state index in [-0.39, 0.29) is 12.2 Å². The Morgan fingerprint density at radius 2 is 2.12 bits per heavy atom. The van der Waals surface area contributed by atoms with E-state index in [0.717, 1.165) is 5.56 Å². The Morgan fingerprint density at radius 1 is 1.25 bits per heavy atom. The van der Waals surface area contributed by atoms with E-state index in [1.807, 2.05) is 0 Å². The van der Waals surface area contributed by atoms with Crippen LogP contribution < -0.4 is 5.73 Å². The molecule has 16 heavy (non-hydrogen) atoms. The standard InChI is InChI=1S/C11H10N4O/c12-11-6-8(1-4-14-11)5-10(16)9-2-3-13-7-15-9/h1-4,6-7H,5H2,(H2,12,14). The molecule has 0 bridgehead atoms. The van der Waals surface area contributed by atoms with E-state index in [2.05, 4.69) is 15.0 Å². The Hall–Kier alpha value is -2.30. The second kappa shape index (κ2) is 4.48. The van der Waals surface area contributed by atoms with Gasteiger partial charge in [-0.05, 0) is 23.8 Å². The van der Waals surface area contributed by atoms with Crippen LogP contribution in [0.3, 0.4) is 0 Å². The number of anilines is 1. The number of hydrogen-bond donors (Lipinski definition) is 1. The fourth-order valence-electron chi connectivity index (χ4n) is 1.34. The van der Waals surface area contributed by atoms with Crippen molar-refractivity contribution in [2.45, 2.75) is 6.42 Å². The minimum atomic E-state index is -0.0620. The average molecular weight is 214 g/mol. The number of hydrogen-bond acceptors (Lipinski definition) is 5. The molecule has 5 nitrogen and oxygen atoms in total. The highest BCUT2D eigenvalue weighted by Crippen LogP contribution is 2.07. The Labute approximate surface area is 92.4 Å². The van der Waals surface area contributed by atoms with Crippen LogP contribution in [-0.4, -0.2) is 20.7 Å². The predicted molar refractivity (Wildman–Crippen MR) is 58.7 cm³/mol. The molecular weight excluding hydrogens is 204 g/mol. The summed E-state index contributed by atoms with van der Waals surface area (Å²) in [5.41, 5.74) is 6.76. The molecule has 5 heteroatoms. The molecule has 2 rings (SSSR count). The largest absolute Gasteiger partial charge is 0.384 e. The summed E-state index contributed by atoms with van der Waals surface area (Å²) < 4.78 is 0. The van der Waals surface area contributed by atoms with Crippen molar-refractivity contribution < 1.29 is 4.79 Å². The molecule has 0 aliphatic heterocycles. The number of nitrogens with two attached hydrogens (primary N) is 1. The Kier molecular flexibility index (Phi) is 2.86. The second-order valence-electron chi connectivity index (χ2n) is 3.28. The maximum Gasteiger partial charge on any atom is 0.185 e. The van der Waals surface area contributed by atoms with Gasteiger partial charge in [0.15, 0.2) is 5.78 Å². The lowest BCUT2D eigenvalue weighted by atomic mass is 10.1. The zero-order valence-corrected chi connectivity index (χ0v) is 8.50. The van der Waals surface area contributed by atoms with Crippen molar-refractivity contribution in [2.75, 3.05) is 5.73 Å². The van der Waals surface area contributed by atoms with Crippen LogP contribution in [0.2, 0.25) is 0 Å². The van der Waals surface area contributed by atoms with Crippen LogP contribution in [0.5, 0.6) is 0 Å². The fraction of sp³-hybridized carbons (Fsp3) is 0.0909. The lowest BCUT2D eigenvalue weighted by molar-refractivity contribution is 0.0988. The van der Waals surface area contributed by atoms with E-state index < -0.39 is 0 Å². The molecule has 2 aromatic rings. The summed E-state index contributed by atoms with van der Waals surface area (Å²) in [6.07, 6.45) is 4.75. The van der Waals surface area contributed by atoms with Crippen molar-refractivity contribution in [2.24, 2.45) is 0 Å². The van der Waals surface area contributed by atoms with Crippen LogP contribution in [0, 0.1) is 0 Å². The van der Waals surface area contributed by atoms with Crippen LogP contribution in [0.1, 0.15) is 16.1 Å². The maximum absolute atomic E-state index is 11.8. The molecule has 2 N–H and O–H groups in total. The minimum absolute atomic E-state index is 0.0620. The van der Waals surface area contributed by atoms with Gasteiger partial charge in [0, 0.05) is 18.8 Å². The molecule has 0 radical (unpaired) electrons. The first-order valence-corrected chi connectivity index (χ1v) is 4.75. The van der Waals surface area contributed by atoms with Gasteiger partial charge < -0.3 is 5.73 Å². The molecular formula is C11H10N4O. The SMILES string of the molecule is Nc1cc(CC(=O)c2ccncn2)ccn1. The van der Waals surface area contributed by atoms with Gasteiger partial charge in [-0.25, -0.2) is 15.0 Å². The normalized spacial score (nSPS) is 10.0. The number of rotatable bonds is 3. The summed E-state index contributed by atoms with van der Waals surface area (Å²) in [5.74, 6) is 0.348. The maximum atomic E-state index is 11.8. The lowest BCUT2D eigenvalue weighted by Crippen LogP contribution is -2.06. The van der Waals surface area contributed by atoms with E-state index in [1.54, 1.807) is 30.6 Å². The van der Waals surface area contributed by atoms with Gasteiger partial charge in [-0.2, -0.15) is 0 Å². The van der Waals surface area contributed by atoms with Crippen LogP contribution in [0.15, 0.2) is 36.9 Å². The number of carbonyl (C=O) groups is 1. The van der Waals surface area contributed by atoms with E-state index in [4.69, 9.17) is 5.73 Å². The highest BCUT2D eigenvalue weighted by atomic mass is 16.1. The highest BCUT2D eigenvalue weighted by Gasteiger charge is 2.08. The van der Waals surface area contributed by atoms with Crippen LogP contribution in [-0.2, 0) is 6.42 Å². The molecule has 2 aromatic heterocycles. The first kappa shape index (κ1) is 10.2. The summed E-state index contributed by atoms with van der Waals surface area (Å²) in [6, 6.07) is 5.03. The van der Waals surface area contributed by atoms with Gasteiger partial charge in [0.25, 0.3) is 0 Å². The number of nitrogen functional groups attached to an aromatic ring is 1. The molecule has 0 saturated heterocycles. The van der Waals surface area contributed by atoms with Crippen molar-refractivity contribution in [1.82, 2.24) is 15.0 Å². The number of aromatic nitrogens is 3. The Morgan fingerprint density at radius 3 is 2.81 bits per heavy atom. The lowest BCUT2D eigenvalue weighted by Gasteiger charge is -2.00. The molecule has 0 saturated carbocycles. The monoisotopic (exact) mass is 214 g/mol. The average Bonchev–Trinajstić information content (AvgIpc) is 2.30. The van der Waals surface area contributed by atoms with Gasteiger partial charge in [0.2, 0.25) is 0 Å². The molecule has 0 amide bonds. The zero-order valence-electron chi connectivity index (χ0n) is 8.50. The van der Waals surface area contributed by atoms with Crippen molar-refractivity contribution in [3.05, 3.63) is 48.2 Å². The summed E-state index contributed by atoms with van der Waals surface area (Å²) in [4.78, 5) is 23.3. The topological polar surface area (TPSA) is 81.8 Å². The number of Topliss-reactive ketones (excluding diaryl/α,β-unsaturated/α-hetero) is 1.